The van der Waals surface area contributed by atoms with E-state index in [4.69, 9.17) is 10.5 Å². The molecule has 0 unspecified atom stereocenters. The van der Waals surface area contributed by atoms with Crippen molar-refractivity contribution in [1.82, 2.24) is 0 Å². The number of hydrogen-bond acceptors (Lipinski definition) is 7. The van der Waals surface area contributed by atoms with Gasteiger partial charge >= 0.3 is 5.97 Å². The molecule has 0 spiro atoms. The van der Waals surface area contributed by atoms with E-state index in [2.05, 4.69) is 6.92 Å². The summed E-state index contributed by atoms with van der Waals surface area (Å²) >= 11 is 0. The first-order valence-electron chi connectivity index (χ1n) is 11.3. The summed E-state index contributed by atoms with van der Waals surface area (Å²) in [7, 11) is 0. The second-order valence-electron chi connectivity index (χ2n) is 10.9. The molecule has 1 aliphatic heterocycles. The van der Waals surface area contributed by atoms with E-state index >= 15 is 0 Å². The summed E-state index contributed by atoms with van der Waals surface area (Å²) in [5, 5.41) is 33.9. The minimum absolute atomic E-state index is 0.0414. The van der Waals surface area contributed by atoms with Crippen LogP contribution in [0.2, 0.25) is 0 Å². The molecular weight excluding hydrogens is 386 g/mol. The SMILES string of the molecule is C[C@]12CC[C@@]3(N)[C@@H](CC[C@]4(O)C[C@@H](O)CC[C@@]43C=O)[C@@]1(O)CC[C@@H]2C1=CC(=O)OC1. The number of carbonyl (C=O) groups excluding carboxylic acids is 2. The predicted molar refractivity (Wildman–Crippen MR) is 107 cm³/mol. The molecular formula is C23H33NO6. The van der Waals surface area contributed by atoms with Crippen molar-refractivity contribution in [3.8, 4) is 0 Å². The molecule has 166 valence electrons. The Hall–Kier alpha value is -1.28. The highest BCUT2D eigenvalue weighted by Gasteiger charge is 2.76. The monoisotopic (exact) mass is 419 g/mol. The highest BCUT2D eigenvalue weighted by atomic mass is 16.5. The zero-order chi connectivity index (χ0) is 21.6. The first-order chi connectivity index (χ1) is 14.1. The summed E-state index contributed by atoms with van der Waals surface area (Å²) in [6.07, 6.45) is 6.00. The van der Waals surface area contributed by atoms with Crippen molar-refractivity contribution in [3.63, 3.8) is 0 Å². The van der Waals surface area contributed by atoms with Crippen LogP contribution in [0.3, 0.4) is 0 Å². The summed E-state index contributed by atoms with van der Waals surface area (Å²) < 4.78 is 5.15. The fraction of sp³-hybridized carbons (Fsp3) is 0.826. The molecule has 0 radical (unpaired) electrons. The molecule has 30 heavy (non-hydrogen) atoms. The molecule has 7 heteroatoms. The highest BCUT2D eigenvalue weighted by molar-refractivity contribution is 5.85. The van der Waals surface area contributed by atoms with Gasteiger partial charge in [0.05, 0.1) is 22.7 Å². The lowest BCUT2D eigenvalue weighted by Crippen LogP contribution is -2.80. The number of esters is 1. The van der Waals surface area contributed by atoms with Gasteiger partial charge in [-0.3, -0.25) is 0 Å². The van der Waals surface area contributed by atoms with Gasteiger partial charge in [0.15, 0.2) is 0 Å². The Morgan fingerprint density at radius 1 is 1.13 bits per heavy atom. The van der Waals surface area contributed by atoms with Crippen LogP contribution in [0.25, 0.3) is 0 Å². The van der Waals surface area contributed by atoms with Crippen molar-refractivity contribution >= 4 is 12.3 Å². The number of fused-ring (bicyclic) bond motifs is 5. The molecule has 8 atom stereocenters. The van der Waals surface area contributed by atoms with E-state index in [-0.39, 0.29) is 30.8 Å². The van der Waals surface area contributed by atoms with Crippen molar-refractivity contribution in [1.29, 1.82) is 0 Å². The van der Waals surface area contributed by atoms with E-state index in [0.29, 0.717) is 44.9 Å². The summed E-state index contributed by atoms with van der Waals surface area (Å²) in [6.45, 7) is 2.37. The molecule has 1 heterocycles. The van der Waals surface area contributed by atoms with Crippen molar-refractivity contribution in [2.24, 2.45) is 28.4 Å². The minimum Gasteiger partial charge on any atom is -0.458 e. The van der Waals surface area contributed by atoms with Crippen molar-refractivity contribution < 1.29 is 29.6 Å². The summed E-state index contributed by atoms with van der Waals surface area (Å²) in [5.41, 5.74) is 2.96. The Bertz CT molecular complexity index is 829. The molecule has 4 fully saturated rings. The van der Waals surface area contributed by atoms with E-state index in [1.54, 1.807) is 6.08 Å². The Balaban J connectivity index is 1.57. The smallest absolute Gasteiger partial charge is 0.331 e. The molecule has 5 aliphatic rings. The van der Waals surface area contributed by atoms with Gasteiger partial charge in [-0.15, -0.1) is 0 Å². The van der Waals surface area contributed by atoms with Gasteiger partial charge in [-0.1, -0.05) is 6.92 Å². The average Bonchev–Trinajstić information content (AvgIpc) is 3.22. The van der Waals surface area contributed by atoms with Crippen molar-refractivity contribution in [2.45, 2.75) is 87.6 Å². The normalized spacial score (nSPS) is 55.2. The Morgan fingerprint density at radius 3 is 2.57 bits per heavy atom. The van der Waals surface area contributed by atoms with Gasteiger partial charge in [-0.2, -0.15) is 0 Å². The number of nitrogens with two attached hydrogens (primary N) is 1. The first-order valence-corrected chi connectivity index (χ1v) is 11.3. The number of ether oxygens (including phenoxy) is 1. The van der Waals surface area contributed by atoms with Crippen LogP contribution < -0.4 is 5.73 Å². The van der Waals surface area contributed by atoms with Gasteiger partial charge in [0, 0.05) is 29.4 Å². The quantitative estimate of drug-likeness (QED) is 0.388. The number of hydrogen-bond donors (Lipinski definition) is 4. The van der Waals surface area contributed by atoms with Gasteiger partial charge in [0.2, 0.25) is 0 Å². The molecule has 4 saturated carbocycles. The standard InChI is InChI=1S/C23H33NO6/c1-19-8-9-22(24)17(4-6-21(28)11-15(26)2-5-20(21,22)13-25)23(19,29)7-3-16(19)14-10-18(27)30-12-14/h10,13,15-17,26,28-29H,2-9,11-12,24H2,1H3/t15-,16+,17+,19+,20+,21-,22+,23-/m0/s1. The third kappa shape index (κ3) is 2.20. The molecule has 0 amide bonds. The average molecular weight is 420 g/mol. The molecule has 4 aliphatic carbocycles. The molecule has 0 aromatic heterocycles. The molecule has 0 bridgehead atoms. The van der Waals surface area contributed by atoms with E-state index in [0.717, 1.165) is 18.3 Å². The lowest BCUT2D eigenvalue weighted by Gasteiger charge is -2.69. The van der Waals surface area contributed by atoms with E-state index in [1.165, 1.54) is 0 Å². The molecule has 0 aromatic carbocycles. The Labute approximate surface area is 176 Å². The molecule has 0 aromatic rings. The van der Waals surface area contributed by atoms with E-state index < -0.39 is 33.7 Å². The second-order valence-corrected chi connectivity index (χ2v) is 10.9. The van der Waals surface area contributed by atoms with E-state index in [1.807, 2.05) is 0 Å². The lowest BCUT2D eigenvalue weighted by atomic mass is 9.38. The van der Waals surface area contributed by atoms with Crippen LogP contribution in [-0.2, 0) is 14.3 Å². The zero-order valence-electron chi connectivity index (χ0n) is 17.6. The number of carbonyl (C=O) groups is 2. The first kappa shape index (κ1) is 20.6. The van der Waals surface area contributed by atoms with E-state index in [9.17, 15) is 24.9 Å². The maximum atomic E-state index is 12.6. The van der Waals surface area contributed by atoms with Crippen LogP contribution in [0.1, 0.15) is 64.7 Å². The minimum atomic E-state index is -1.34. The fourth-order valence-electron chi connectivity index (χ4n) is 8.47. The largest absolute Gasteiger partial charge is 0.458 e. The third-order valence-electron chi connectivity index (χ3n) is 10.1. The van der Waals surface area contributed by atoms with Crippen molar-refractivity contribution in [2.75, 3.05) is 6.61 Å². The topological polar surface area (TPSA) is 130 Å². The van der Waals surface area contributed by atoms with Gasteiger partial charge in [-0.25, -0.2) is 4.79 Å². The molecule has 7 nitrogen and oxygen atoms in total. The maximum Gasteiger partial charge on any atom is 0.331 e. The summed E-state index contributed by atoms with van der Waals surface area (Å²) in [4.78, 5) is 24.3. The van der Waals surface area contributed by atoms with Crippen LogP contribution in [0.5, 0.6) is 0 Å². The van der Waals surface area contributed by atoms with Gasteiger partial charge in [0.1, 0.15) is 12.9 Å². The Morgan fingerprint density at radius 2 is 1.90 bits per heavy atom. The molecule has 0 saturated heterocycles. The van der Waals surface area contributed by atoms with Crippen LogP contribution in [-0.4, -0.2) is 57.0 Å². The fourth-order valence-corrected chi connectivity index (χ4v) is 8.47. The van der Waals surface area contributed by atoms with Crippen LogP contribution >= 0.6 is 0 Å². The number of aliphatic hydroxyl groups excluding tert-OH is 1. The van der Waals surface area contributed by atoms with Crippen LogP contribution in [0, 0.1) is 22.7 Å². The zero-order valence-corrected chi connectivity index (χ0v) is 17.6. The lowest BCUT2D eigenvalue weighted by molar-refractivity contribution is -0.256. The summed E-state index contributed by atoms with van der Waals surface area (Å²) in [6, 6.07) is 0. The number of aldehydes is 1. The molecule has 5 rings (SSSR count). The molecule has 5 N–H and O–H groups in total. The van der Waals surface area contributed by atoms with Crippen molar-refractivity contribution in [3.05, 3.63) is 11.6 Å². The van der Waals surface area contributed by atoms with Gasteiger partial charge < -0.3 is 30.6 Å². The van der Waals surface area contributed by atoms with Gasteiger partial charge in [-0.05, 0) is 62.9 Å². The number of cyclic esters (lactones) is 1. The maximum absolute atomic E-state index is 12.6. The predicted octanol–water partition coefficient (Wildman–Crippen LogP) is 0.979. The number of rotatable bonds is 2. The Kier molecular flexibility index (Phi) is 4.23. The summed E-state index contributed by atoms with van der Waals surface area (Å²) in [5.74, 6) is -0.607. The van der Waals surface area contributed by atoms with Crippen LogP contribution in [0.15, 0.2) is 11.6 Å². The van der Waals surface area contributed by atoms with Gasteiger partial charge in [0.25, 0.3) is 0 Å². The third-order valence-corrected chi connectivity index (χ3v) is 10.1. The number of aliphatic hydroxyl groups is 3. The second kappa shape index (κ2) is 6.15. The highest BCUT2D eigenvalue weighted by Crippen LogP contribution is 2.70. The van der Waals surface area contributed by atoms with Crippen LogP contribution in [0.4, 0.5) is 0 Å².